The van der Waals surface area contributed by atoms with Crippen molar-refractivity contribution in [2.75, 3.05) is 10.6 Å². The van der Waals surface area contributed by atoms with Crippen LogP contribution in [0, 0.1) is 19.7 Å². The van der Waals surface area contributed by atoms with E-state index in [1.54, 1.807) is 29.8 Å². The summed E-state index contributed by atoms with van der Waals surface area (Å²) in [6.07, 6.45) is 0. The molecule has 0 unspecified atom stereocenters. The molecule has 6 nitrogen and oxygen atoms in total. The number of aromatic nitrogens is 3. The van der Waals surface area contributed by atoms with Crippen molar-refractivity contribution in [3.8, 4) is 0 Å². The molecule has 2 N–H and O–H groups in total. The molecule has 37 heavy (non-hydrogen) atoms. The zero-order chi connectivity index (χ0) is 26.1. The summed E-state index contributed by atoms with van der Waals surface area (Å²) in [7, 11) is 0. The van der Waals surface area contributed by atoms with Crippen LogP contribution in [0.3, 0.4) is 0 Å². The number of allylic oxidation sites excluding steroid dienone is 1. The monoisotopic (exact) mass is 533 g/mol. The quantitative estimate of drug-likeness (QED) is 0.263. The van der Waals surface area contributed by atoms with Gasteiger partial charge >= 0.3 is 0 Å². The third kappa shape index (κ3) is 5.26. The Balaban J connectivity index is 1.50. The number of nitrogens with one attached hydrogen (secondary N) is 2. The highest BCUT2D eigenvalue weighted by atomic mass is 35.5. The van der Waals surface area contributed by atoms with E-state index >= 15 is 4.39 Å². The van der Waals surface area contributed by atoms with E-state index < -0.39 is 11.9 Å². The molecule has 0 fully saturated rings. The number of fused-ring (bicyclic) bond motifs is 1. The van der Waals surface area contributed by atoms with Crippen LogP contribution in [0.1, 0.15) is 35.2 Å². The van der Waals surface area contributed by atoms with Gasteiger partial charge in [-0.05, 0) is 56.2 Å². The second-order valence-electron chi connectivity index (χ2n) is 8.94. The molecule has 0 spiro atoms. The smallest absolute Gasteiger partial charge is 0.255 e. The standard InChI is InChI=1S/C28H25ClFN5OS/c1-16-11-12-23(17(2)13-16)32-26(36)24-18(3)31-27-33-28(37-15-19-7-6-8-20(29)14-19)34-35(27)25(24)21-9-4-5-10-22(21)30/h4-14,25H,15H2,1-3H3,(H,32,36)(H,31,33,34)/t25-/m1/s1. The lowest BCUT2D eigenvalue weighted by molar-refractivity contribution is -0.113. The first-order valence-corrected chi connectivity index (χ1v) is 13.1. The molecule has 0 saturated heterocycles. The van der Waals surface area contributed by atoms with Gasteiger partial charge in [0.05, 0.1) is 5.57 Å². The van der Waals surface area contributed by atoms with Crippen molar-refractivity contribution < 1.29 is 9.18 Å². The topological polar surface area (TPSA) is 71.8 Å². The second kappa shape index (κ2) is 10.4. The third-order valence-corrected chi connectivity index (χ3v) is 7.31. The number of carbonyl (C=O) groups is 1. The van der Waals surface area contributed by atoms with E-state index in [0.717, 1.165) is 16.7 Å². The number of anilines is 2. The molecule has 1 aliphatic heterocycles. The predicted molar refractivity (Wildman–Crippen MR) is 146 cm³/mol. The van der Waals surface area contributed by atoms with Crippen molar-refractivity contribution in [3.05, 3.63) is 111 Å². The number of halogens is 2. The number of hydrogen-bond donors (Lipinski definition) is 2. The lowest BCUT2D eigenvalue weighted by Gasteiger charge is -2.29. The first-order chi connectivity index (χ1) is 17.8. The Morgan fingerprint density at radius 1 is 1.11 bits per heavy atom. The first-order valence-electron chi connectivity index (χ1n) is 11.7. The second-order valence-corrected chi connectivity index (χ2v) is 10.3. The molecule has 0 saturated carbocycles. The number of hydrogen-bond acceptors (Lipinski definition) is 5. The van der Waals surface area contributed by atoms with E-state index in [0.29, 0.717) is 44.4 Å². The van der Waals surface area contributed by atoms with Gasteiger partial charge in [0.15, 0.2) is 0 Å². The maximum absolute atomic E-state index is 15.1. The van der Waals surface area contributed by atoms with Crippen LogP contribution in [0.5, 0.6) is 0 Å². The number of carbonyl (C=O) groups excluding carboxylic acids is 1. The summed E-state index contributed by atoms with van der Waals surface area (Å²) in [5.41, 5.74) is 5.07. The molecule has 1 aromatic heterocycles. The van der Waals surface area contributed by atoms with Gasteiger partial charge in [0.2, 0.25) is 11.1 Å². The van der Waals surface area contributed by atoms with Crippen LogP contribution in [-0.2, 0) is 10.5 Å². The average molecular weight is 534 g/mol. The number of amides is 1. The van der Waals surface area contributed by atoms with Crippen molar-refractivity contribution in [2.45, 2.75) is 37.7 Å². The fourth-order valence-corrected chi connectivity index (χ4v) is 5.37. The maximum Gasteiger partial charge on any atom is 0.255 e. The summed E-state index contributed by atoms with van der Waals surface area (Å²) in [4.78, 5) is 18.3. The lowest BCUT2D eigenvalue weighted by Crippen LogP contribution is -2.32. The molecule has 1 amide bonds. The molecular formula is C28H25ClFN5OS. The van der Waals surface area contributed by atoms with Crippen LogP contribution in [0.4, 0.5) is 16.0 Å². The van der Waals surface area contributed by atoms with Gasteiger partial charge < -0.3 is 10.6 Å². The first kappa shape index (κ1) is 25.0. The van der Waals surface area contributed by atoms with Crippen LogP contribution in [-0.4, -0.2) is 20.7 Å². The summed E-state index contributed by atoms with van der Waals surface area (Å²) in [5.74, 6) is 0.302. The highest BCUT2D eigenvalue weighted by Crippen LogP contribution is 2.38. The highest BCUT2D eigenvalue weighted by Gasteiger charge is 2.36. The SMILES string of the molecule is CC1=C(C(=O)Nc2ccc(C)cc2C)[C@@H](c2ccccc2F)n2nc(SCc3cccc(Cl)c3)nc2N1. The van der Waals surface area contributed by atoms with Crippen molar-refractivity contribution in [2.24, 2.45) is 0 Å². The molecule has 2 heterocycles. The van der Waals surface area contributed by atoms with E-state index in [-0.39, 0.29) is 5.91 Å². The number of thioether (sulfide) groups is 1. The molecule has 1 atom stereocenters. The molecule has 5 rings (SSSR count). The fourth-order valence-electron chi connectivity index (χ4n) is 4.39. The number of benzene rings is 3. The summed E-state index contributed by atoms with van der Waals surface area (Å²) in [6.45, 7) is 5.73. The van der Waals surface area contributed by atoms with Gasteiger partial charge in [-0.15, -0.1) is 5.10 Å². The van der Waals surface area contributed by atoms with Crippen LogP contribution >= 0.6 is 23.4 Å². The molecule has 4 aromatic rings. The maximum atomic E-state index is 15.1. The van der Waals surface area contributed by atoms with Crippen LogP contribution < -0.4 is 10.6 Å². The van der Waals surface area contributed by atoms with E-state index in [1.807, 2.05) is 56.3 Å². The van der Waals surface area contributed by atoms with Gasteiger partial charge in [-0.2, -0.15) is 4.98 Å². The zero-order valence-corrected chi connectivity index (χ0v) is 22.1. The Morgan fingerprint density at radius 2 is 1.92 bits per heavy atom. The van der Waals surface area contributed by atoms with Crippen molar-refractivity contribution in [1.82, 2.24) is 14.8 Å². The molecule has 3 aromatic carbocycles. The van der Waals surface area contributed by atoms with Gasteiger partial charge in [-0.3, -0.25) is 4.79 Å². The van der Waals surface area contributed by atoms with Crippen molar-refractivity contribution >= 4 is 40.9 Å². The summed E-state index contributed by atoms with van der Waals surface area (Å²) >= 11 is 7.55. The van der Waals surface area contributed by atoms with Gasteiger partial charge in [0, 0.05) is 27.7 Å². The normalized spacial score (nSPS) is 14.8. The molecule has 188 valence electrons. The van der Waals surface area contributed by atoms with Crippen LogP contribution in [0.15, 0.2) is 83.2 Å². The fraction of sp³-hybridized carbons (Fsp3) is 0.179. The highest BCUT2D eigenvalue weighted by molar-refractivity contribution is 7.98. The predicted octanol–water partition coefficient (Wildman–Crippen LogP) is 6.91. The Hall–Kier alpha value is -3.62. The van der Waals surface area contributed by atoms with Gasteiger partial charge in [-0.1, -0.05) is 71.4 Å². The van der Waals surface area contributed by atoms with Crippen molar-refractivity contribution in [3.63, 3.8) is 0 Å². The van der Waals surface area contributed by atoms with Gasteiger partial charge in [0.1, 0.15) is 11.9 Å². The summed E-state index contributed by atoms with van der Waals surface area (Å²) in [6, 6.07) is 19.1. The summed E-state index contributed by atoms with van der Waals surface area (Å²) < 4.78 is 16.7. The Bertz CT molecular complexity index is 1530. The zero-order valence-electron chi connectivity index (χ0n) is 20.5. The van der Waals surface area contributed by atoms with Crippen LogP contribution in [0.25, 0.3) is 0 Å². The molecule has 0 radical (unpaired) electrons. The molecule has 9 heteroatoms. The Labute approximate surface area is 224 Å². The minimum absolute atomic E-state index is 0.334. The van der Waals surface area contributed by atoms with E-state index in [1.165, 1.54) is 17.8 Å². The summed E-state index contributed by atoms with van der Waals surface area (Å²) in [5, 5.41) is 12.1. The Kier molecular flexibility index (Phi) is 7.04. The minimum Gasteiger partial charge on any atom is -0.328 e. The van der Waals surface area contributed by atoms with Crippen LogP contribution in [0.2, 0.25) is 5.02 Å². The number of rotatable bonds is 6. The molecule has 1 aliphatic rings. The van der Waals surface area contributed by atoms with Crippen molar-refractivity contribution in [1.29, 1.82) is 0 Å². The Morgan fingerprint density at radius 3 is 2.68 bits per heavy atom. The minimum atomic E-state index is -0.795. The third-order valence-electron chi connectivity index (χ3n) is 6.16. The van der Waals surface area contributed by atoms with E-state index in [4.69, 9.17) is 11.6 Å². The number of nitrogens with zero attached hydrogens (tertiary/aromatic N) is 3. The molecular weight excluding hydrogens is 509 g/mol. The molecule has 0 aliphatic carbocycles. The van der Waals surface area contributed by atoms with E-state index in [2.05, 4.69) is 20.7 Å². The number of aryl methyl sites for hydroxylation is 2. The lowest BCUT2D eigenvalue weighted by atomic mass is 9.94. The van der Waals surface area contributed by atoms with Gasteiger partial charge in [0.25, 0.3) is 5.91 Å². The largest absolute Gasteiger partial charge is 0.328 e. The van der Waals surface area contributed by atoms with Gasteiger partial charge in [-0.25, -0.2) is 9.07 Å². The molecule has 0 bridgehead atoms. The average Bonchev–Trinajstić information content (AvgIpc) is 3.26. The van der Waals surface area contributed by atoms with E-state index in [9.17, 15) is 4.79 Å².